The van der Waals surface area contributed by atoms with E-state index in [0.717, 1.165) is 11.3 Å². The van der Waals surface area contributed by atoms with Gasteiger partial charge < -0.3 is 15.3 Å². The Labute approximate surface area is 101 Å². The van der Waals surface area contributed by atoms with Crippen LogP contribution in [0.15, 0.2) is 24.3 Å². The average molecular weight is 232 g/mol. The van der Waals surface area contributed by atoms with Crippen LogP contribution < -0.4 is 5.32 Å². The number of hydrogen-bond acceptors (Lipinski definition) is 3. The number of rotatable bonds is 3. The van der Waals surface area contributed by atoms with E-state index in [1.807, 2.05) is 14.1 Å². The summed E-state index contributed by atoms with van der Waals surface area (Å²) in [4.78, 5) is 13.3. The molecule has 0 fully saturated rings. The largest absolute Gasteiger partial charge is 0.384 e. The molecule has 1 rings (SSSR count). The molecule has 0 atom stereocenters. The van der Waals surface area contributed by atoms with Gasteiger partial charge in [0.05, 0.1) is 6.54 Å². The predicted octanol–water partition coefficient (Wildman–Crippen LogP) is 0.530. The van der Waals surface area contributed by atoms with Crippen LogP contribution in [0.4, 0.5) is 5.69 Å². The fourth-order valence-electron chi connectivity index (χ4n) is 1.27. The van der Waals surface area contributed by atoms with Crippen LogP contribution in [0.2, 0.25) is 0 Å². The summed E-state index contributed by atoms with van der Waals surface area (Å²) in [5.41, 5.74) is 1.55. The maximum absolute atomic E-state index is 11.5. The van der Waals surface area contributed by atoms with Crippen molar-refractivity contribution in [3.05, 3.63) is 29.8 Å². The van der Waals surface area contributed by atoms with Gasteiger partial charge in [0.2, 0.25) is 5.91 Å². The lowest BCUT2D eigenvalue weighted by atomic mass is 10.2. The molecule has 0 bridgehead atoms. The van der Waals surface area contributed by atoms with E-state index in [9.17, 15) is 4.79 Å². The molecule has 2 N–H and O–H groups in total. The van der Waals surface area contributed by atoms with E-state index >= 15 is 0 Å². The highest BCUT2D eigenvalue weighted by Gasteiger charge is 2.02. The van der Waals surface area contributed by atoms with Crippen LogP contribution in [-0.4, -0.2) is 43.2 Å². The monoisotopic (exact) mass is 232 g/mol. The van der Waals surface area contributed by atoms with Crippen molar-refractivity contribution in [2.75, 3.05) is 32.6 Å². The second kappa shape index (κ2) is 6.69. The molecule has 0 aliphatic carbocycles. The van der Waals surface area contributed by atoms with Crippen molar-refractivity contribution in [1.82, 2.24) is 4.90 Å². The Balaban J connectivity index is 2.59. The number of nitrogens with zero attached hydrogens (tertiary/aromatic N) is 1. The van der Waals surface area contributed by atoms with Crippen LogP contribution in [0.3, 0.4) is 0 Å². The first-order valence-electron chi connectivity index (χ1n) is 5.26. The van der Waals surface area contributed by atoms with E-state index in [1.165, 1.54) is 0 Å². The molecule has 0 saturated carbocycles. The molecule has 0 unspecified atom stereocenters. The quantitative estimate of drug-likeness (QED) is 0.747. The predicted molar refractivity (Wildman–Crippen MR) is 67.6 cm³/mol. The number of likely N-dealkylation sites (N-methyl/N-ethyl adjacent to an activating group) is 1. The number of hydrogen-bond donors (Lipinski definition) is 2. The molecule has 1 amide bonds. The van der Waals surface area contributed by atoms with E-state index in [2.05, 4.69) is 17.2 Å². The highest BCUT2D eigenvalue weighted by molar-refractivity contribution is 5.92. The van der Waals surface area contributed by atoms with Gasteiger partial charge >= 0.3 is 0 Å². The minimum atomic E-state index is -0.151. The average Bonchev–Trinajstić information content (AvgIpc) is 2.27. The van der Waals surface area contributed by atoms with Crippen LogP contribution in [0.25, 0.3) is 0 Å². The van der Waals surface area contributed by atoms with Crippen LogP contribution in [-0.2, 0) is 4.79 Å². The van der Waals surface area contributed by atoms with E-state index < -0.39 is 0 Å². The zero-order valence-electron chi connectivity index (χ0n) is 10.0. The molecule has 0 radical (unpaired) electrons. The van der Waals surface area contributed by atoms with Crippen molar-refractivity contribution in [2.24, 2.45) is 0 Å². The number of amides is 1. The fourth-order valence-corrected chi connectivity index (χ4v) is 1.27. The first-order chi connectivity index (χ1) is 8.11. The molecule has 1 aromatic rings. The lowest BCUT2D eigenvalue weighted by Crippen LogP contribution is -2.27. The Hall–Kier alpha value is -1.83. The third-order valence-electron chi connectivity index (χ3n) is 1.94. The normalized spacial score (nSPS) is 9.65. The van der Waals surface area contributed by atoms with Crippen molar-refractivity contribution >= 4 is 11.6 Å². The zero-order valence-corrected chi connectivity index (χ0v) is 10.0. The van der Waals surface area contributed by atoms with Gasteiger partial charge in [-0.2, -0.15) is 0 Å². The molecule has 0 saturated heterocycles. The van der Waals surface area contributed by atoms with E-state index in [-0.39, 0.29) is 12.5 Å². The lowest BCUT2D eigenvalue weighted by molar-refractivity contribution is -0.116. The van der Waals surface area contributed by atoms with Gasteiger partial charge in [-0.05, 0) is 38.4 Å². The number of benzene rings is 1. The summed E-state index contributed by atoms with van der Waals surface area (Å²) >= 11 is 0. The number of aliphatic hydroxyl groups is 1. The van der Waals surface area contributed by atoms with Gasteiger partial charge in [0.25, 0.3) is 0 Å². The Bertz CT molecular complexity index is 427. The second-order valence-electron chi connectivity index (χ2n) is 3.82. The Morgan fingerprint density at radius 3 is 2.53 bits per heavy atom. The third kappa shape index (κ3) is 5.16. The minimum absolute atomic E-state index is 0.0517. The molecule has 0 aromatic heterocycles. The Kier molecular flexibility index (Phi) is 5.21. The van der Waals surface area contributed by atoms with Gasteiger partial charge in [0, 0.05) is 11.3 Å². The standard InChI is InChI=1S/C13H16N2O2/c1-15(2)10-13(17)14-12-7-5-11(6-8-12)4-3-9-16/h5-8,16H,9-10H2,1-2H3,(H,14,17). The summed E-state index contributed by atoms with van der Waals surface area (Å²) < 4.78 is 0. The van der Waals surface area contributed by atoms with Crippen LogP contribution >= 0.6 is 0 Å². The summed E-state index contributed by atoms with van der Waals surface area (Å²) in [6, 6.07) is 7.17. The van der Waals surface area contributed by atoms with Crippen molar-refractivity contribution in [3.63, 3.8) is 0 Å². The maximum Gasteiger partial charge on any atom is 0.238 e. The summed E-state index contributed by atoms with van der Waals surface area (Å²) in [5, 5.41) is 11.3. The number of nitrogens with one attached hydrogen (secondary N) is 1. The summed E-state index contributed by atoms with van der Waals surface area (Å²) in [6.45, 7) is 0.202. The second-order valence-corrected chi connectivity index (χ2v) is 3.82. The lowest BCUT2D eigenvalue weighted by Gasteiger charge is -2.09. The molecule has 0 aliphatic heterocycles. The molecule has 1 aromatic carbocycles. The molecular formula is C13H16N2O2. The van der Waals surface area contributed by atoms with Gasteiger partial charge in [-0.1, -0.05) is 11.8 Å². The molecule has 0 heterocycles. The molecule has 4 nitrogen and oxygen atoms in total. The fraction of sp³-hybridized carbons (Fsp3) is 0.308. The van der Waals surface area contributed by atoms with Gasteiger partial charge in [-0.25, -0.2) is 0 Å². The molecule has 17 heavy (non-hydrogen) atoms. The topological polar surface area (TPSA) is 52.6 Å². The first kappa shape index (κ1) is 13.2. The van der Waals surface area contributed by atoms with Gasteiger partial charge in [0.1, 0.15) is 6.61 Å². The molecule has 4 heteroatoms. The minimum Gasteiger partial charge on any atom is -0.384 e. The molecule has 0 spiro atoms. The van der Waals surface area contributed by atoms with Gasteiger partial charge in [0.15, 0.2) is 0 Å². The van der Waals surface area contributed by atoms with Crippen molar-refractivity contribution in [2.45, 2.75) is 0 Å². The summed E-state index contributed by atoms with van der Waals surface area (Å²) in [6.07, 6.45) is 0. The molecular weight excluding hydrogens is 216 g/mol. The van der Waals surface area contributed by atoms with Gasteiger partial charge in [-0.15, -0.1) is 0 Å². The van der Waals surface area contributed by atoms with Crippen molar-refractivity contribution < 1.29 is 9.90 Å². The summed E-state index contributed by atoms with van der Waals surface area (Å²) in [5.74, 6) is 5.30. The van der Waals surface area contributed by atoms with Crippen LogP contribution in [0.1, 0.15) is 5.56 Å². The highest BCUT2D eigenvalue weighted by atomic mass is 16.2. The Morgan fingerprint density at radius 2 is 2.00 bits per heavy atom. The van der Waals surface area contributed by atoms with Gasteiger partial charge in [-0.3, -0.25) is 4.79 Å². The van der Waals surface area contributed by atoms with Crippen LogP contribution in [0.5, 0.6) is 0 Å². The number of carbonyl (C=O) groups excluding carboxylic acids is 1. The summed E-state index contributed by atoms with van der Waals surface area (Å²) in [7, 11) is 3.68. The highest BCUT2D eigenvalue weighted by Crippen LogP contribution is 2.08. The molecule has 0 aliphatic rings. The SMILES string of the molecule is CN(C)CC(=O)Nc1ccc(C#CCO)cc1. The Morgan fingerprint density at radius 1 is 1.35 bits per heavy atom. The smallest absolute Gasteiger partial charge is 0.238 e. The number of carbonyl (C=O) groups is 1. The zero-order chi connectivity index (χ0) is 12.7. The number of anilines is 1. The molecule has 90 valence electrons. The maximum atomic E-state index is 11.5. The van der Waals surface area contributed by atoms with E-state index in [0.29, 0.717) is 6.54 Å². The van der Waals surface area contributed by atoms with E-state index in [4.69, 9.17) is 5.11 Å². The number of aliphatic hydroxyl groups excluding tert-OH is 1. The van der Waals surface area contributed by atoms with Crippen molar-refractivity contribution in [1.29, 1.82) is 0 Å². The third-order valence-corrected chi connectivity index (χ3v) is 1.94. The van der Waals surface area contributed by atoms with Crippen LogP contribution in [0, 0.1) is 11.8 Å². The van der Waals surface area contributed by atoms with E-state index in [1.54, 1.807) is 29.2 Å². The first-order valence-corrected chi connectivity index (χ1v) is 5.26. The van der Waals surface area contributed by atoms with Crippen molar-refractivity contribution in [3.8, 4) is 11.8 Å².